The van der Waals surface area contributed by atoms with Gasteiger partial charge in [-0.25, -0.2) is 0 Å². The summed E-state index contributed by atoms with van der Waals surface area (Å²) in [6, 6.07) is 6.29. The number of benzene rings is 1. The van der Waals surface area contributed by atoms with Gasteiger partial charge in [0.1, 0.15) is 0 Å². The number of halogens is 1. The molecule has 1 N–H and O–H groups in total. The van der Waals surface area contributed by atoms with E-state index in [0.717, 1.165) is 15.7 Å². The first kappa shape index (κ1) is 14.5. The average molecular weight is 302 g/mol. The van der Waals surface area contributed by atoms with Gasteiger partial charge in [0.25, 0.3) is 0 Å². The maximum atomic E-state index is 9.56. The zero-order valence-corrected chi connectivity index (χ0v) is 12.4. The SMILES string of the molecule is COCC(C)N(C)c1ccc([C@H](C)O)c(Br)c1. The summed E-state index contributed by atoms with van der Waals surface area (Å²) in [5.74, 6) is 0. The maximum absolute atomic E-state index is 9.56. The zero-order chi connectivity index (χ0) is 13.0. The molecule has 0 saturated carbocycles. The van der Waals surface area contributed by atoms with Crippen molar-refractivity contribution in [1.29, 1.82) is 0 Å². The zero-order valence-electron chi connectivity index (χ0n) is 10.8. The van der Waals surface area contributed by atoms with Crippen LogP contribution in [-0.4, -0.2) is 31.9 Å². The fourth-order valence-corrected chi connectivity index (χ4v) is 2.38. The predicted octanol–water partition coefficient (Wildman–Crippen LogP) is 2.97. The van der Waals surface area contributed by atoms with E-state index in [1.165, 1.54) is 0 Å². The monoisotopic (exact) mass is 301 g/mol. The molecule has 1 unspecified atom stereocenters. The number of aliphatic hydroxyl groups excluding tert-OH is 1. The van der Waals surface area contributed by atoms with E-state index in [1.807, 2.05) is 25.2 Å². The predicted molar refractivity (Wildman–Crippen MR) is 74.5 cm³/mol. The third-order valence-electron chi connectivity index (χ3n) is 2.91. The Bertz CT molecular complexity index is 368. The van der Waals surface area contributed by atoms with E-state index in [2.05, 4.69) is 27.8 Å². The molecule has 4 heteroatoms. The number of anilines is 1. The van der Waals surface area contributed by atoms with Crippen LogP contribution in [0.2, 0.25) is 0 Å². The van der Waals surface area contributed by atoms with Crippen LogP contribution in [-0.2, 0) is 4.74 Å². The molecule has 0 aliphatic heterocycles. The van der Waals surface area contributed by atoms with Gasteiger partial charge in [-0.1, -0.05) is 22.0 Å². The van der Waals surface area contributed by atoms with Gasteiger partial charge in [-0.3, -0.25) is 0 Å². The summed E-state index contributed by atoms with van der Waals surface area (Å²) in [7, 11) is 3.74. The lowest BCUT2D eigenvalue weighted by molar-refractivity contribution is 0.183. The topological polar surface area (TPSA) is 32.7 Å². The van der Waals surface area contributed by atoms with Crippen molar-refractivity contribution >= 4 is 21.6 Å². The molecule has 0 heterocycles. The van der Waals surface area contributed by atoms with Crippen molar-refractivity contribution in [2.45, 2.75) is 26.0 Å². The highest BCUT2D eigenvalue weighted by Gasteiger charge is 2.12. The van der Waals surface area contributed by atoms with E-state index in [4.69, 9.17) is 4.74 Å². The number of methoxy groups -OCH3 is 1. The Kier molecular flexibility index (Phi) is 5.43. The summed E-state index contributed by atoms with van der Waals surface area (Å²) in [6.45, 7) is 4.56. The van der Waals surface area contributed by atoms with Gasteiger partial charge in [0.2, 0.25) is 0 Å². The van der Waals surface area contributed by atoms with Crippen LogP contribution in [0.15, 0.2) is 22.7 Å². The van der Waals surface area contributed by atoms with Gasteiger partial charge in [-0.05, 0) is 31.5 Å². The lowest BCUT2D eigenvalue weighted by atomic mass is 10.1. The highest BCUT2D eigenvalue weighted by Crippen LogP contribution is 2.28. The number of nitrogens with zero attached hydrogens (tertiary/aromatic N) is 1. The van der Waals surface area contributed by atoms with E-state index in [0.29, 0.717) is 12.6 Å². The molecule has 0 saturated heterocycles. The highest BCUT2D eigenvalue weighted by molar-refractivity contribution is 9.10. The summed E-state index contributed by atoms with van der Waals surface area (Å²) < 4.78 is 6.08. The molecule has 0 radical (unpaired) electrons. The molecule has 96 valence electrons. The van der Waals surface area contributed by atoms with Crippen molar-refractivity contribution in [3.8, 4) is 0 Å². The van der Waals surface area contributed by atoms with Gasteiger partial charge >= 0.3 is 0 Å². The van der Waals surface area contributed by atoms with E-state index >= 15 is 0 Å². The smallest absolute Gasteiger partial charge is 0.0772 e. The Balaban J connectivity index is 2.89. The van der Waals surface area contributed by atoms with Crippen molar-refractivity contribution in [3.05, 3.63) is 28.2 Å². The molecule has 0 aliphatic rings. The minimum Gasteiger partial charge on any atom is -0.389 e. The molecule has 3 nitrogen and oxygen atoms in total. The Hall–Kier alpha value is -0.580. The molecule has 0 bridgehead atoms. The second kappa shape index (κ2) is 6.38. The van der Waals surface area contributed by atoms with Gasteiger partial charge < -0.3 is 14.7 Å². The minimum absolute atomic E-state index is 0.310. The fourth-order valence-electron chi connectivity index (χ4n) is 1.68. The largest absolute Gasteiger partial charge is 0.389 e. The van der Waals surface area contributed by atoms with Crippen molar-refractivity contribution in [3.63, 3.8) is 0 Å². The van der Waals surface area contributed by atoms with Crippen LogP contribution in [0.25, 0.3) is 0 Å². The summed E-state index contributed by atoms with van der Waals surface area (Å²) in [6.07, 6.45) is -0.458. The average Bonchev–Trinajstić information content (AvgIpc) is 2.27. The standard InChI is InChI=1S/C13H20BrNO2/c1-9(8-17-4)15(3)11-5-6-12(10(2)16)13(14)7-11/h5-7,9-10,16H,8H2,1-4H3/t9?,10-/m0/s1. The third kappa shape index (κ3) is 3.69. The molecule has 0 spiro atoms. The maximum Gasteiger partial charge on any atom is 0.0772 e. The van der Waals surface area contributed by atoms with Crippen LogP contribution in [0.1, 0.15) is 25.5 Å². The van der Waals surface area contributed by atoms with Crippen LogP contribution in [0.5, 0.6) is 0 Å². The number of rotatable bonds is 5. The van der Waals surface area contributed by atoms with Gasteiger partial charge in [0.15, 0.2) is 0 Å². The van der Waals surface area contributed by atoms with E-state index in [1.54, 1.807) is 14.0 Å². The van der Waals surface area contributed by atoms with Crippen LogP contribution in [0.3, 0.4) is 0 Å². The van der Waals surface area contributed by atoms with Gasteiger partial charge in [0, 0.05) is 30.4 Å². The summed E-state index contributed by atoms with van der Waals surface area (Å²) in [4.78, 5) is 2.15. The van der Waals surface area contributed by atoms with E-state index in [9.17, 15) is 5.11 Å². The lowest BCUT2D eigenvalue weighted by Crippen LogP contribution is -2.32. The Morgan fingerprint density at radius 3 is 2.53 bits per heavy atom. The molecule has 0 amide bonds. The van der Waals surface area contributed by atoms with Crippen LogP contribution >= 0.6 is 15.9 Å². The number of hydrogen-bond donors (Lipinski definition) is 1. The second-order valence-corrected chi connectivity index (χ2v) is 5.15. The van der Waals surface area contributed by atoms with Crippen LogP contribution < -0.4 is 4.90 Å². The van der Waals surface area contributed by atoms with Gasteiger partial charge in [-0.2, -0.15) is 0 Å². The molecule has 2 atom stereocenters. The number of likely N-dealkylation sites (N-methyl/N-ethyl adjacent to an activating group) is 1. The third-order valence-corrected chi connectivity index (χ3v) is 3.60. The Morgan fingerprint density at radius 2 is 2.06 bits per heavy atom. The normalized spacial score (nSPS) is 14.5. The van der Waals surface area contributed by atoms with Crippen molar-refractivity contribution in [2.75, 3.05) is 25.7 Å². The molecule has 0 fully saturated rings. The van der Waals surface area contributed by atoms with E-state index < -0.39 is 6.10 Å². The molecule has 1 aromatic rings. The molecule has 0 aromatic heterocycles. The first-order valence-electron chi connectivity index (χ1n) is 5.66. The second-order valence-electron chi connectivity index (χ2n) is 4.30. The lowest BCUT2D eigenvalue weighted by Gasteiger charge is -2.27. The number of hydrogen-bond acceptors (Lipinski definition) is 3. The molecule has 0 aliphatic carbocycles. The molecule has 1 aromatic carbocycles. The highest BCUT2D eigenvalue weighted by atomic mass is 79.9. The van der Waals surface area contributed by atoms with Gasteiger partial charge in [-0.15, -0.1) is 0 Å². The first-order valence-corrected chi connectivity index (χ1v) is 6.46. The fraction of sp³-hybridized carbons (Fsp3) is 0.538. The summed E-state index contributed by atoms with van der Waals surface area (Å²) >= 11 is 3.49. The minimum atomic E-state index is -0.458. The summed E-state index contributed by atoms with van der Waals surface area (Å²) in [5.41, 5.74) is 2.01. The number of ether oxygens (including phenoxy) is 1. The quantitative estimate of drug-likeness (QED) is 0.907. The molecule has 1 rings (SSSR count). The summed E-state index contributed by atoms with van der Waals surface area (Å²) in [5, 5.41) is 9.56. The van der Waals surface area contributed by atoms with Crippen LogP contribution in [0.4, 0.5) is 5.69 Å². The Labute approximate surface area is 112 Å². The van der Waals surface area contributed by atoms with Crippen LogP contribution in [0, 0.1) is 0 Å². The molecule has 17 heavy (non-hydrogen) atoms. The van der Waals surface area contributed by atoms with Crippen molar-refractivity contribution in [2.24, 2.45) is 0 Å². The van der Waals surface area contributed by atoms with Gasteiger partial charge in [0.05, 0.1) is 12.7 Å². The number of aliphatic hydroxyl groups is 1. The Morgan fingerprint density at radius 1 is 1.41 bits per heavy atom. The van der Waals surface area contributed by atoms with E-state index in [-0.39, 0.29) is 0 Å². The van der Waals surface area contributed by atoms with Crippen molar-refractivity contribution in [1.82, 2.24) is 0 Å². The van der Waals surface area contributed by atoms with Crippen molar-refractivity contribution < 1.29 is 9.84 Å². The molecular formula is C13H20BrNO2. The molecular weight excluding hydrogens is 282 g/mol. The first-order chi connectivity index (χ1) is 7.97.